The predicted molar refractivity (Wildman–Crippen MR) is 79.9 cm³/mol. The second kappa shape index (κ2) is 6.18. The van der Waals surface area contributed by atoms with E-state index in [1.54, 1.807) is 30.3 Å². The quantitative estimate of drug-likeness (QED) is 0.720. The molecule has 0 aliphatic heterocycles. The molecule has 0 N–H and O–H groups in total. The maximum atomic E-state index is 13.7. The van der Waals surface area contributed by atoms with Crippen LogP contribution in [0.5, 0.6) is 5.75 Å². The number of aryl methyl sites for hydroxylation is 1. The number of ether oxygens (including phenoxy) is 1. The Bertz CT molecular complexity index is 623. The van der Waals surface area contributed by atoms with E-state index in [1.807, 2.05) is 19.1 Å². The van der Waals surface area contributed by atoms with Crippen LogP contribution in [0.1, 0.15) is 11.1 Å². The smallest absolute Gasteiger partial charge is 0.419 e. The summed E-state index contributed by atoms with van der Waals surface area (Å²) in [5.41, 5.74) is 1.54. The van der Waals surface area contributed by atoms with E-state index in [4.69, 9.17) is 4.74 Å². The molecule has 0 fully saturated rings. The van der Waals surface area contributed by atoms with Gasteiger partial charge in [0.2, 0.25) is 0 Å². The van der Waals surface area contributed by atoms with Crippen molar-refractivity contribution in [1.82, 2.24) is 0 Å². The summed E-state index contributed by atoms with van der Waals surface area (Å²) in [6.45, 7) is 1.82. The molecule has 1 nitrogen and oxygen atoms in total. The van der Waals surface area contributed by atoms with Gasteiger partial charge in [0.15, 0.2) is 0 Å². The Kier molecular flexibility index (Phi) is 4.55. The first-order valence-corrected chi connectivity index (χ1v) is 6.82. The maximum absolute atomic E-state index is 13.7. The lowest BCUT2D eigenvalue weighted by Gasteiger charge is -2.14. The molecular formula is C16H13BrF2O. The lowest BCUT2D eigenvalue weighted by molar-refractivity contribution is -0.130. The van der Waals surface area contributed by atoms with Gasteiger partial charge in [0.05, 0.1) is 0 Å². The first-order valence-electron chi connectivity index (χ1n) is 6.03. The minimum absolute atomic E-state index is 0.147. The van der Waals surface area contributed by atoms with Crippen molar-refractivity contribution in [2.75, 3.05) is 0 Å². The number of benzene rings is 2. The zero-order valence-electron chi connectivity index (χ0n) is 10.8. The number of rotatable bonds is 4. The molecular weight excluding hydrogens is 326 g/mol. The third-order valence-corrected chi connectivity index (χ3v) is 3.06. The van der Waals surface area contributed by atoms with Gasteiger partial charge < -0.3 is 4.74 Å². The molecule has 0 saturated carbocycles. The van der Waals surface area contributed by atoms with Gasteiger partial charge in [-0.2, -0.15) is 8.78 Å². The molecule has 0 heterocycles. The van der Waals surface area contributed by atoms with Gasteiger partial charge in [-0.3, -0.25) is 0 Å². The Labute approximate surface area is 125 Å². The highest BCUT2D eigenvalue weighted by molar-refractivity contribution is 9.10. The molecule has 2 rings (SSSR count). The van der Waals surface area contributed by atoms with Gasteiger partial charge in [0.1, 0.15) is 5.75 Å². The molecule has 0 aliphatic carbocycles. The monoisotopic (exact) mass is 338 g/mol. The summed E-state index contributed by atoms with van der Waals surface area (Å²) in [4.78, 5) is 0. The van der Waals surface area contributed by atoms with E-state index in [9.17, 15) is 8.78 Å². The van der Waals surface area contributed by atoms with E-state index in [-0.39, 0.29) is 5.75 Å². The Morgan fingerprint density at radius 1 is 1.10 bits per heavy atom. The normalized spacial score (nSPS) is 11.8. The summed E-state index contributed by atoms with van der Waals surface area (Å²) in [6.07, 6.45) is -1.27. The fourth-order valence-corrected chi connectivity index (χ4v) is 2.09. The lowest BCUT2D eigenvalue weighted by atomic mass is 10.2. The van der Waals surface area contributed by atoms with Crippen molar-refractivity contribution in [3.05, 3.63) is 70.2 Å². The molecule has 0 radical (unpaired) electrons. The van der Waals surface area contributed by atoms with Crippen LogP contribution in [0.15, 0.2) is 59.1 Å². The molecule has 0 saturated heterocycles. The highest BCUT2D eigenvalue weighted by Gasteiger charge is 2.27. The van der Waals surface area contributed by atoms with E-state index in [1.165, 1.54) is 12.1 Å². The summed E-state index contributed by atoms with van der Waals surface area (Å²) in [5, 5.41) is 0. The van der Waals surface area contributed by atoms with Crippen molar-refractivity contribution >= 4 is 22.0 Å². The van der Waals surface area contributed by atoms with Gasteiger partial charge in [-0.05, 0) is 48.4 Å². The maximum Gasteiger partial charge on any atom is 0.419 e. The molecule has 0 unspecified atom stereocenters. The van der Waals surface area contributed by atoms with E-state index in [0.29, 0.717) is 5.56 Å². The standard InChI is InChI=1S/C16H13BrF2O/c1-12-4-2-7-15(10-12)20-16(18,19)9-8-13-5-3-6-14(17)11-13/h2-11H,1H3. The van der Waals surface area contributed by atoms with Gasteiger partial charge in [-0.1, -0.05) is 40.2 Å². The topological polar surface area (TPSA) is 9.23 Å². The van der Waals surface area contributed by atoms with E-state index >= 15 is 0 Å². The number of hydrogen-bond acceptors (Lipinski definition) is 1. The van der Waals surface area contributed by atoms with Crippen LogP contribution < -0.4 is 4.74 Å². The van der Waals surface area contributed by atoms with Crippen LogP contribution in [-0.2, 0) is 0 Å². The Morgan fingerprint density at radius 3 is 2.55 bits per heavy atom. The highest BCUT2D eigenvalue weighted by atomic mass is 79.9. The van der Waals surface area contributed by atoms with E-state index in [0.717, 1.165) is 16.1 Å². The molecule has 0 atom stereocenters. The van der Waals surface area contributed by atoms with Crippen molar-refractivity contribution in [2.24, 2.45) is 0 Å². The fraction of sp³-hybridized carbons (Fsp3) is 0.125. The second-order valence-corrected chi connectivity index (χ2v) is 5.28. The molecule has 104 valence electrons. The molecule has 4 heteroatoms. The SMILES string of the molecule is Cc1cccc(OC(F)(F)C=Cc2cccc(Br)c2)c1. The van der Waals surface area contributed by atoms with Crippen molar-refractivity contribution in [3.63, 3.8) is 0 Å². The van der Waals surface area contributed by atoms with Gasteiger partial charge in [0.25, 0.3) is 0 Å². The van der Waals surface area contributed by atoms with Gasteiger partial charge in [-0.25, -0.2) is 0 Å². The Hall–Kier alpha value is -1.68. The third kappa shape index (κ3) is 4.46. The summed E-state index contributed by atoms with van der Waals surface area (Å²) >= 11 is 3.29. The molecule has 0 aliphatic rings. The molecule has 2 aromatic rings. The van der Waals surface area contributed by atoms with Crippen LogP contribution in [0.4, 0.5) is 8.78 Å². The van der Waals surface area contributed by atoms with Gasteiger partial charge >= 0.3 is 6.11 Å². The summed E-state index contributed by atoms with van der Waals surface area (Å²) in [7, 11) is 0. The molecule has 0 aromatic heterocycles. The molecule has 2 aromatic carbocycles. The van der Waals surface area contributed by atoms with Crippen LogP contribution in [0.2, 0.25) is 0 Å². The molecule has 0 bridgehead atoms. The minimum atomic E-state index is -3.35. The third-order valence-electron chi connectivity index (χ3n) is 2.56. The van der Waals surface area contributed by atoms with Crippen LogP contribution in [0.25, 0.3) is 6.08 Å². The molecule has 20 heavy (non-hydrogen) atoms. The Morgan fingerprint density at radius 2 is 1.85 bits per heavy atom. The van der Waals surface area contributed by atoms with Crippen LogP contribution in [0, 0.1) is 6.92 Å². The van der Waals surface area contributed by atoms with Gasteiger partial charge in [-0.15, -0.1) is 0 Å². The summed E-state index contributed by atoms with van der Waals surface area (Å²) < 4.78 is 33.0. The average Bonchev–Trinajstić information content (AvgIpc) is 2.36. The fourth-order valence-electron chi connectivity index (χ4n) is 1.67. The van der Waals surface area contributed by atoms with Gasteiger partial charge in [0, 0.05) is 10.5 Å². The van der Waals surface area contributed by atoms with Crippen molar-refractivity contribution in [1.29, 1.82) is 0 Å². The van der Waals surface area contributed by atoms with Crippen molar-refractivity contribution in [3.8, 4) is 5.75 Å². The highest BCUT2D eigenvalue weighted by Crippen LogP contribution is 2.24. The molecule has 0 spiro atoms. The van der Waals surface area contributed by atoms with Crippen LogP contribution in [0.3, 0.4) is 0 Å². The zero-order chi connectivity index (χ0) is 14.6. The van der Waals surface area contributed by atoms with Crippen LogP contribution >= 0.6 is 15.9 Å². The summed E-state index contributed by atoms with van der Waals surface area (Å²) in [6, 6.07) is 13.7. The summed E-state index contributed by atoms with van der Waals surface area (Å²) in [5.74, 6) is 0.147. The zero-order valence-corrected chi connectivity index (χ0v) is 12.4. The predicted octanol–water partition coefficient (Wildman–Crippen LogP) is 5.44. The lowest BCUT2D eigenvalue weighted by Crippen LogP contribution is -2.21. The van der Waals surface area contributed by atoms with Crippen molar-refractivity contribution in [2.45, 2.75) is 13.0 Å². The molecule has 0 amide bonds. The first kappa shape index (κ1) is 14.7. The van der Waals surface area contributed by atoms with E-state index < -0.39 is 6.11 Å². The largest absolute Gasteiger partial charge is 0.429 e. The minimum Gasteiger partial charge on any atom is -0.429 e. The van der Waals surface area contributed by atoms with E-state index in [2.05, 4.69) is 15.9 Å². The Balaban J connectivity index is 2.10. The number of alkyl halides is 2. The van der Waals surface area contributed by atoms with Crippen molar-refractivity contribution < 1.29 is 13.5 Å². The number of hydrogen-bond donors (Lipinski definition) is 0. The van der Waals surface area contributed by atoms with Crippen LogP contribution in [-0.4, -0.2) is 6.11 Å². The average molecular weight is 339 g/mol. The second-order valence-electron chi connectivity index (χ2n) is 4.37. The first-order chi connectivity index (χ1) is 9.44. The number of halogens is 3.